The summed E-state index contributed by atoms with van der Waals surface area (Å²) in [4.78, 5) is 2.04. The Kier molecular flexibility index (Phi) is 5.61. The summed E-state index contributed by atoms with van der Waals surface area (Å²) < 4.78 is 13.8. The standard InChI is InChI=1S/C13H17FN2O/c1-2-16(7-4-8-17)10-12-6-3-5-11(9-15)13(12)14/h3,5-6,17H,2,4,7-8,10H2,1H3. The number of rotatable bonds is 6. The Bertz CT molecular complexity index is 401. The van der Waals surface area contributed by atoms with Crippen LogP contribution in [0.3, 0.4) is 0 Å². The molecular weight excluding hydrogens is 219 g/mol. The van der Waals surface area contributed by atoms with Crippen molar-refractivity contribution in [3.05, 3.63) is 35.1 Å². The number of hydrogen-bond donors (Lipinski definition) is 1. The highest BCUT2D eigenvalue weighted by molar-refractivity contribution is 5.34. The maximum absolute atomic E-state index is 13.8. The van der Waals surface area contributed by atoms with Crippen LogP contribution in [0.5, 0.6) is 0 Å². The lowest BCUT2D eigenvalue weighted by Crippen LogP contribution is -2.25. The van der Waals surface area contributed by atoms with Crippen LogP contribution in [-0.4, -0.2) is 29.7 Å². The van der Waals surface area contributed by atoms with Crippen molar-refractivity contribution in [3.8, 4) is 6.07 Å². The first-order valence-electron chi connectivity index (χ1n) is 5.73. The molecular formula is C13H17FN2O. The molecule has 0 amide bonds. The van der Waals surface area contributed by atoms with Crippen LogP contribution < -0.4 is 0 Å². The minimum atomic E-state index is -0.433. The maximum Gasteiger partial charge on any atom is 0.145 e. The second kappa shape index (κ2) is 7.00. The lowest BCUT2D eigenvalue weighted by atomic mass is 10.1. The van der Waals surface area contributed by atoms with Crippen molar-refractivity contribution in [1.29, 1.82) is 5.26 Å². The average molecular weight is 236 g/mol. The molecule has 0 saturated carbocycles. The summed E-state index contributed by atoms with van der Waals surface area (Å²) in [6, 6.07) is 6.70. The molecule has 0 bridgehead atoms. The highest BCUT2D eigenvalue weighted by atomic mass is 19.1. The quantitative estimate of drug-likeness (QED) is 0.820. The zero-order valence-corrected chi connectivity index (χ0v) is 9.99. The molecule has 0 aliphatic rings. The number of halogens is 1. The van der Waals surface area contributed by atoms with E-state index in [-0.39, 0.29) is 12.2 Å². The first kappa shape index (κ1) is 13.6. The van der Waals surface area contributed by atoms with Gasteiger partial charge in [0.05, 0.1) is 5.56 Å². The zero-order valence-electron chi connectivity index (χ0n) is 9.99. The van der Waals surface area contributed by atoms with Crippen LogP contribution in [0.15, 0.2) is 18.2 Å². The van der Waals surface area contributed by atoms with E-state index in [1.54, 1.807) is 12.1 Å². The summed E-state index contributed by atoms with van der Waals surface area (Å²) >= 11 is 0. The van der Waals surface area contributed by atoms with E-state index in [0.29, 0.717) is 18.5 Å². The van der Waals surface area contributed by atoms with Crippen LogP contribution in [0.1, 0.15) is 24.5 Å². The lowest BCUT2D eigenvalue weighted by Gasteiger charge is -2.20. The van der Waals surface area contributed by atoms with E-state index in [1.165, 1.54) is 6.07 Å². The van der Waals surface area contributed by atoms with Gasteiger partial charge in [0.15, 0.2) is 0 Å². The van der Waals surface area contributed by atoms with Crippen LogP contribution in [0.25, 0.3) is 0 Å². The van der Waals surface area contributed by atoms with Gasteiger partial charge in [-0.1, -0.05) is 19.1 Å². The molecule has 0 spiro atoms. The lowest BCUT2D eigenvalue weighted by molar-refractivity contribution is 0.223. The molecule has 1 aromatic carbocycles. The third-order valence-corrected chi connectivity index (χ3v) is 2.67. The van der Waals surface area contributed by atoms with Crippen LogP contribution in [0.2, 0.25) is 0 Å². The molecule has 0 fully saturated rings. The summed E-state index contributed by atoms with van der Waals surface area (Å²) in [5.41, 5.74) is 0.615. The molecule has 0 atom stereocenters. The van der Waals surface area contributed by atoms with Gasteiger partial charge in [-0.05, 0) is 19.0 Å². The smallest absolute Gasteiger partial charge is 0.145 e. The van der Waals surface area contributed by atoms with E-state index in [0.717, 1.165) is 13.1 Å². The number of aliphatic hydroxyl groups is 1. The highest BCUT2D eigenvalue weighted by Gasteiger charge is 2.10. The maximum atomic E-state index is 13.8. The monoisotopic (exact) mass is 236 g/mol. The van der Waals surface area contributed by atoms with E-state index in [9.17, 15) is 4.39 Å². The number of hydrogen-bond acceptors (Lipinski definition) is 3. The molecule has 4 heteroatoms. The van der Waals surface area contributed by atoms with Crippen molar-refractivity contribution >= 4 is 0 Å². The third kappa shape index (κ3) is 3.81. The fourth-order valence-electron chi connectivity index (χ4n) is 1.67. The zero-order chi connectivity index (χ0) is 12.7. The van der Waals surface area contributed by atoms with Crippen LogP contribution in [0.4, 0.5) is 4.39 Å². The number of benzene rings is 1. The Morgan fingerprint density at radius 3 is 2.82 bits per heavy atom. The van der Waals surface area contributed by atoms with Crippen LogP contribution in [-0.2, 0) is 6.54 Å². The van der Waals surface area contributed by atoms with Crippen molar-refractivity contribution in [2.75, 3.05) is 19.7 Å². The largest absolute Gasteiger partial charge is 0.396 e. The van der Waals surface area contributed by atoms with Crippen molar-refractivity contribution in [1.82, 2.24) is 4.90 Å². The third-order valence-electron chi connectivity index (χ3n) is 2.67. The van der Waals surface area contributed by atoms with Gasteiger partial charge in [-0.25, -0.2) is 4.39 Å². The van der Waals surface area contributed by atoms with Gasteiger partial charge in [0.1, 0.15) is 11.9 Å². The molecule has 0 saturated heterocycles. The second-order valence-corrected chi connectivity index (χ2v) is 3.84. The van der Waals surface area contributed by atoms with Gasteiger partial charge in [-0.2, -0.15) is 5.26 Å². The predicted octanol–water partition coefficient (Wildman–Crippen LogP) is 1.90. The van der Waals surface area contributed by atoms with Gasteiger partial charge in [0, 0.05) is 25.3 Å². The summed E-state index contributed by atoms with van der Waals surface area (Å²) in [6.07, 6.45) is 0.674. The molecule has 0 unspecified atom stereocenters. The molecule has 1 N–H and O–H groups in total. The minimum Gasteiger partial charge on any atom is -0.396 e. The summed E-state index contributed by atoms with van der Waals surface area (Å²) in [6.45, 7) is 4.11. The van der Waals surface area contributed by atoms with Crippen LogP contribution >= 0.6 is 0 Å². The molecule has 17 heavy (non-hydrogen) atoms. The SMILES string of the molecule is CCN(CCCO)Cc1cccc(C#N)c1F. The first-order chi connectivity index (χ1) is 8.22. The Balaban J connectivity index is 2.76. The molecule has 1 aromatic rings. The van der Waals surface area contributed by atoms with Gasteiger partial charge >= 0.3 is 0 Å². The molecule has 3 nitrogen and oxygen atoms in total. The second-order valence-electron chi connectivity index (χ2n) is 3.84. The van der Waals surface area contributed by atoms with E-state index in [1.807, 2.05) is 17.9 Å². The topological polar surface area (TPSA) is 47.3 Å². The highest BCUT2D eigenvalue weighted by Crippen LogP contribution is 2.14. The molecule has 0 aromatic heterocycles. The fourth-order valence-corrected chi connectivity index (χ4v) is 1.67. The Morgan fingerprint density at radius 2 is 2.24 bits per heavy atom. The van der Waals surface area contributed by atoms with E-state index in [2.05, 4.69) is 0 Å². The first-order valence-corrected chi connectivity index (χ1v) is 5.73. The van der Waals surface area contributed by atoms with Gasteiger partial charge in [0.25, 0.3) is 0 Å². The molecule has 92 valence electrons. The summed E-state index contributed by atoms with van der Waals surface area (Å²) in [7, 11) is 0. The molecule has 0 radical (unpaired) electrons. The molecule has 0 aliphatic heterocycles. The number of nitrogens with zero attached hydrogens (tertiary/aromatic N) is 2. The minimum absolute atomic E-state index is 0.0840. The number of nitriles is 1. The van der Waals surface area contributed by atoms with Crippen molar-refractivity contribution < 1.29 is 9.50 Å². The van der Waals surface area contributed by atoms with Gasteiger partial charge in [-0.3, -0.25) is 4.90 Å². The van der Waals surface area contributed by atoms with Crippen molar-refractivity contribution in [2.45, 2.75) is 19.9 Å². The van der Waals surface area contributed by atoms with Crippen LogP contribution in [0, 0.1) is 17.1 Å². The van der Waals surface area contributed by atoms with Gasteiger partial charge < -0.3 is 5.11 Å². The normalized spacial score (nSPS) is 10.5. The fraction of sp³-hybridized carbons (Fsp3) is 0.462. The molecule has 0 aliphatic carbocycles. The van der Waals surface area contributed by atoms with E-state index >= 15 is 0 Å². The Hall–Kier alpha value is -1.44. The van der Waals surface area contributed by atoms with Gasteiger partial charge in [-0.15, -0.1) is 0 Å². The van der Waals surface area contributed by atoms with Gasteiger partial charge in [0.2, 0.25) is 0 Å². The van der Waals surface area contributed by atoms with Crippen molar-refractivity contribution in [3.63, 3.8) is 0 Å². The van der Waals surface area contributed by atoms with E-state index in [4.69, 9.17) is 10.4 Å². The summed E-state index contributed by atoms with van der Waals surface area (Å²) in [5.74, 6) is -0.433. The molecule has 0 heterocycles. The van der Waals surface area contributed by atoms with E-state index < -0.39 is 5.82 Å². The number of aliphatic hydroxyl groups excluding tert-OH is 1. The average Bonchev–Trinajstić information content (AvgIpc) is 2.36. The van der Waals surface area contributed by atoms with Crippen molar-refractivity contribution in [2.24, 2.45) is 0 Å². The predicted molar refractivity (Wildman–Crippen MR) is 63.8 cm³/mol. The Morgan fingerprint density at radius 1 is 1.47 bits per heavy atom. The Labute approximate surface area is 101 Å². The summed E-state index contributed by atoms with van der Waals surface area (Å²) in [5, 5.41) is 17.5. The molecule has 1 rings (SSSR count).